The topological polar surface area (TPSA) is 12.0 Å². The molecule has 1 atom stereocenters. The van der Waals surface area contributed by atoms with E-state index in [1.165, 1.54) is 15.3 Å². The average Bonchev–Trinajstić information content (AvgIpc) is 2.64. The highest BCUT2D eigenvalue weighted by molar-refractivity contribution is 9.10. The molecule has 0 saturated carbocycles. The smallest absolute Gasteiger partial charge is 0.137 e. The first-order valence-corrected chi connectivity index (χ1v) is 7.33. The average molecular weight is 328 g/mol. The molecule has 0 aliphatic heterocycles. The molecule has 1 aromatic heterocycles. The summed E-state index contributed by atoms with van der Waals surface area (Å²) in [5.41, 5.74) is 2.17. The summed E-state index contributed by atoms with van der Waals surface area (Å²) in [7, 11) is 1.90. The molecule has 1 heterocycles. The van der Waals surface area contributed by atoms with Crippen LogP contribution >= 0.6 is 27.3 Å². The van der Waals surface area contributed by atoms with E-state index in [0.29, 0.717) is 4.47 Å². The van der Waals surface area contributed by atoms with E-state index >= 15 is 0 Å². The quantitative estimate of drug-likeness (QED) is 0.870. The number of hydrogen-bond donors (Lipinski definition) is 1. The van der Waals surface area contributed by atoms with E-state index in [1.807, 2.05) is 13.1 Å². The number of nitrogens with one attached hydrogen (secondary N) is 1. The van der Waals surface area contributed by atoms with E-state index in [4.69, 9.17) is 0 Å². The maximum absolute atomic E-state index is 13.6. The molecule has 2 aromatic rings. The Labute approximate surface area is 119 Å². The summed E-state index contributed by atoms with van der Waals surface area (Å²) < 4.78 is 14.1. The highest BCUT2D eigenvalue weighted by atomic mass is 79.9. The highest BCUT2D eigenvalue weighted by Gasteiger charge is 2.17. The van der Waals surface area contributed by atoms with Gasteiger partial charge < -0.3 is 5.32 Å². The van der Waals surface area contributed by atoms with Crippen molar-refractivity contribution < 1.29 is 4.39 Å². The number of rotatable bonds is 3. The number of halogens is 2. The zero-order chi connectivity index (χ0) is 13.3. The van der Waals surface area contributed by atoms with Gasteiger partial charge in [-0.15, -0.1) is 11.3 Å². The van der Waals surface area contributed by atoms with E-state index in [0.717, 1.165) is 5.56 Å². The monoisotopic (exact) mass is 327 g/mol. The first-order valence-electron chi connectivity index (χ1n) is 5.72. The van der Waals surface area contributed by atoms with Gasteiger partial charge in [0.05, 0.1) is 10.5 Å². The van der Waals surface area contributed by atoms with Crippen LogP contribution in [0.15, 0.2) is 28.7 Å². The molecule has 1 nitrogen and oxygen atoms in total. The van der Waals surface area contributed by atoms with Crippen LogP contribution in [0.5, 0.6) is 0 Å². The van der Waals surface area contributed by atoms with Gasteiger partial charge in [0, 0.05) is 9.75 Å². The molecule has 96 valence electrons. The minimum absolute atomic E-state index is 0.0394. The van der Waals surface area contributed by atoms with E-state index < -0.39 is 0 Å². The largest absolute Gasteiger partial charge is 0.309 e. The molecular formula is C14H15BrFNS. The third-order valence-corrected chi connectivity index (χ3v) is 4.58. The van der Waals surface area contributed by atoms with Gasteiger partial charge in [0.2, 0.25) is 0 Å². The first kappa shape index (κ1) is 13.7. The second kappa shape index (κ2) is 5.51. The fraction of sp³-hybridized carbons (Fsp3) is 0.286. The van der Waals surface area contributed by atoms with Gasteiger partial charge in [-0.3, -0.25) is 0 Å². The molecule has 18 heavy (non-hydrogen) atoms. The van der Waals surface area contributed by atoms with Crippen molar-refractivity contribution in [1.29, 1.82) is 0 Å². The Balaban J connectivity index is 2.45. The van der Waals surface area contributed by atoms with Crippen molar-refractivity contribution in [2.45, 2.75) is 19.9 Å². The van der Waals surface area contributed by atoms with Gasteiger partial charge in [-0.25, -0.2) is 4.39 Å². The Bertz CT molecular complexity index is 565. The van der Waals surface area contributed by atoms with Crippen molar-refractivity contribution in [2.24, 2.45) is 0 Å². The van der Waals surface area contributed by atoms with Crippen LogP contribution in [0.3, 0.4) is 0 Å². The molecule has 1 unspecified atom stereocenters. The summed E-state index contributed by atoms with van der Waals surface area (Å²) in [6.07, 6.45) is 0. The van der Waals surface area contributed by atoms with Crippen LogP contribution in [0.2, 0.25) is 0 Å². The van der Waals surface area contributed by atoms with Gasteiger partial charge in [-0.05, 0) is 66.2 Å². The summed E-state index contributed by atoms with van der Waals surface area (Å²) in [4.78, 5) is 2.55. The van der Waals surface area contributed by atoms with Crippen molar-refractivity contribution in [1.82, 2.24) is 5.32 Å². The fourth-order valence-electron chi connectivity index (χ4n) is 2.13. The van der Waals surface area contributed by atoms with Crippen molar-refractivity contribution in [2.75, 3.05) is 7.05 Å². The van der Waals surface area contributed by atoms with Gasteiger partial charge >= 0.3 is 0 Å². The van der Waals surface area contributed by atoms with Crippen LogP contribution in [0.4, 0.5) is 4.39 Å². The number of aryl methyl sites for hydroxylation is 2. The van der Waals surface area contributed by atoms with Crippen LogP contribution in [-0.4, -0.2) is 7.05 Å². The molecular weight excluding hydrogens is 313 g/mol. The summed E-state index contributed by atoms with van der Waals surface area (Å²) in [6, 6.07) is 7.49. The zero-order valence-electron chi connectivity index (χ0n) is 10.6. The van der Waals surface area contributed by atoms with Crippen molar-refractivity contribution in [3.05, 3.63) is 55.4 Å². The van der Waals surface area contributed by atoms with Crippen LogP contribution < -0.4 is 5.32 Å². The Hall–Kier alpha value is -0.710. The summed E-state index contributed by atoms with van der Waals surface area (Å²) in [5.74, 6) is -0.225. The fourth-order valence-corrected chi connectivity index (χ4v) is 3.34. The Kier molecular flexibility index (Phi) is 4.20. The molecule has 0 radical (unpaired) electrons. The van der Waals surface area contributed by atoms with Crippen LogP contribution in [-0.2, 0) is 0 Å². The van der Waals surface area contributed by atoms with Gasteiger partial charge in [0.1, 0.15) is 5.82 Å². The van der Waals surface area contributed by atoms with Gasteiger partial charge in [0.15, 0.2) is 0 Å². The molecule has 0 spiro atoms. The molecule has 2 rings (SSSR count). The molecule has 0 saturated heterocycles. The SMILES string of the molecule is CNC(c1ccc(Br)c(F)c1)c1cc(C)sc1C. The van der Waals surface area contributed by atoms with E-state index in [1.54, 1.807) is 23.5 Å². The predicted octanol–water partition coefficient (Wildman–Crippen LogP) is 4.58. The molecule has 0 bridgehead atoms. The molecule has 0 aliphatic carbocycles. The van der Waals surface area contributed by atoms with Gasteiger partial charge in [-0.2, -0.15) is 0 Å². The Morgan fingerprint density at radius 1 is 1.28 bits per heavy atom. The lowest BCUT2D eigenvalue weighted by molar-refractivity contribution is 0.610. The van der Waals surface area contributed by atoms with E-state index in [2.05, 4.69) is 41.2 Å². The molecule has 0 fully saturated rings. The maximum Gasteiger partial charge on any atom is 0.137 e. The zero-order valence-corrected chi connectivity index (χ0v) is 13.0. The summed E-state index contributed by atoms with van der Waals surface area (Å²) >= 11 is 4.95. The van der Waals surface area contributed by atoms with E-state index in [9.17, 15) is 4.39 Å². The lowest BCUT2D eigenvalue weighted by Crippen LogP contribution is -2.18. The molecule has 4 heteroatoms. The summed E-state index contributed by atoms with van der Waals surface area (Å²) in [5, 5.41) is 3.26. The Morgan fingerprint density at radius 3 is 2.50 bits per heavy atom. The lowest BCUT2D eigenvalue weighted by Gasteiger charge is -2.17. The second-order valence-corrected chi connectivity index (χ2v) is 6.58. The third-order valence-electron chi connectivity index (χ3n) is 2.96. The number of hydrogen-bond acceptors (Lipinski definition) is 2. The highest BCUT2D eigenvalue weighted by Crippen LogP contribution is 2.31. The van der Waals surface area contributed by atoms with Crippen molar-refractivity contribution in [3.8, 4) is 0 Å². The number of thiophene rings is 1. The minimum Gasteiger partial charge on any atom is -0.309 e. The van der Waals surface area contributed by atoms with Gasteiger partial charge in [0.25, 0.3) is 0 Å². The van der Waals surface area contributed by atoms with Gasteiger partial charge in [-0.1, -0.05) is 6.07 Å². The summed E-state index contributed by atoms with van der Waals surface area (Å²) in [6.45, 7) is 4.20. The molecule has 1 aromatic carbocycles. The van der Waals surface area contributed by atoms with Crippen LogP contribution in [0.1, 0.15) is 26.9 Å². The minimum atomic E-state index is -0.225. The number of benzene rings is 1. The molecule has 0 amide bonds. The maximum atomic E-state index is 13.6. The molecule has 1 N–H and O–H groups in total. The van der Waals surface area contributed by atoms with Crippen molar-refractivity contribution in [3.63, 3.8) is 0 Å². The van der Waals surface area contributed by atoms with Crippen molar-refractivity contribution >= 4 is 27.3 Å². The third kappa shape index (κ3) is 2.66. The molecule has 0 aliphatic rings. The second-order valence-electron chi connectivity index (χ2n) is 4.26. The first-order chi connectivity index (χ1) is 8.52. The van der Waals surface area contributed by atoms with Crippen LogP contribution in [0.25, 0.3) is 0 Å². The Morgan fingerprint density at radius 2 is 2.00 bits per heavy atom. The lowest BCUT2D eigenvalue weighted by atomic mass is 9.99. The predicted molar refractivity (Wildman–Crippen MR) is 78.8 cm³/mol. The van der Waals surface area contributed by atoms with Crippen LogP contribution in [0, 0.1) is 19.7 Å². The normalized spacial score (nSPS) is 12.7. The standard InChI is InChI=1S/C14H15BrFNS/c1-8-6-11(9(2)18-8)14(17-3)10-4-5-12(15)13(16)7-10/h4-7,14,17H,1-3H3. The van der Waals surface area contributed by atoms with E-state index in [-0.39, 0.29) is 11.9 Å².